The number of benzene rings is 8. The van der Waals surface area contributed by atoms with E-state index < -0.39 is 0 Å². The molecule has 0 fully saturated rings. The zero-order chi connectivity index (χ0) is 47.0. The lowest BCUT2D eigenvalue weighted by Crippen LogP contribution is -1.91. The molecule has 336 valence electrons. The summed E-state index contributed by atoms with van der Waals surface area (Å²) < 4.78 is 2.37. The minimum atomic E-state index is 1.02. The van der Waals surface area contributed by atoms with Crippen LogP contribution >= 0.6 is 0 Å². The second kappa shape index (κ2) is 27.7. The lowest BCUT2D eigenvalue weighted by molar-refractivity contribution is 0.827. The maximum absolute atomic E-state index is 2.37. The number of aromatic nitrogens is 1. The van der Waals surface area contributed by atoms with Crippen LogP contribution in [0.5, 0.6) is 0 Å². The number of fused-ring (bicyclic) bond motifs is 12. The van der Waals surface area contributed by atoms with Crippen molar-refractivity contribution < 1.29 is 0 Å². The lowest BCUT2D eigenvalue weighted by Gasteiger charge is -2.01. The Labute approximate surface area is 393 Å². The van der Waals surface area contributed by atoms with Gasteiger partial charge in [0.2, 0.25) is 0 Å². The highest BCUT2D eigenvalue weighted by Gasteiger charge is 2.18. The van der Waals surface area contributed by atoms with Crippen LogP contribution < -0.4 is 0 Å². The van der Waals surface area contributed by atoms with Gasteiger partial charge in [-0.3, -0.25) is 0 Å². The number of para-hydroxylation sites is 2. The van der Waals surface area contributed by atoms with Gasteiger partial charge in [-0.05, 0) is 105 Å². The highest BCUT2D eigenvalue weighted by molar-refractivity contribution is 6.07. The molecule has 0 spiro atoms. The smallest absolute Gasteiger partial charge is 0.0491 e. The van der Waals surface area contributed by atoms with Crippen LogP contribution in [0, 0.1) is 0 Å². The molecule has 1 nitrogen and oxygen atoms in total. The molecule has 1 heteroatoms. The first kappa shape index (κ1) is 51.2. The van der Waals surface area contributed by atoms with Crippen molar-refractivity contribution >= 4 is 21.8 Å². The summed E-state index contributed by atoms with van der Waals surface area (Å²) in [5.41, 5.74) is 19.9. The monoisotopic (exact) mass is 858 g/mol. The Morgan fingerprint density at radius 3 is 0.677 bits per heavy atom. The molecule has 3 aliphatic carbocycles. The van der Waals surface area contributed by atoms with E-state index in [2.05, 4.69) is 219 Å². The van der Waals surface area contributed by atoms with Crippen LogP contribution in [0.3, 0.4) is 0 Å². The Bertz CT molecular complexity index is 2370. The summed E-state index contributed by atoms with van der Waals surface area (Å²) in [6, 6.07) is 69.1. The maximum Gasteiger partial charge on any atom is 0.0491 e. The minimum Gasteiger partial charge on any atom is -0.341 e. The van der Waals surface area contributed by atoms with E-state index in [1.807, 2.05) is 55.4 Å². The average Bonchev–Trinajstić information content (AvgIpc) is 4.16. The molecule has 3 aliphatic rings. The summed E-state index contributed by atoms with van der Waals surface area (Å²) in [4.78, 5) is 0. The van der Waals surface area contributed by atoms with Crippen molar-refractivity contribution in [1.29, 1.82) is 0 Å². The fourth-order valence-corrected chi connectivity index (χ4v) is 8.58. The van der Waals surface area contributed by atoms with Crippen LogP contribution in [0.4, 0.5) is 0 Å². The summed E-state index contributed by atoms with van der Waals surface area (Å²) in [6.45, 7) is 23.5. The van der Waals surface area contributed by atoms with Gasteiger partial charge in [-0.1, -0.05) is 258 Å². The summed E-state index contributed by atoms with van der Waals surface area (Å²) in [6.07, 6.45) is 4.56. The fourth-order valence-electron chi connectivity index (χ4n) is 8.58. The molecular formula is C64H75N. The molecular weight excluding hydrogens is 783 g/mol. The van der Waals surface area contributed by atoms with Gasteiger partial charge in [-0.2, -0.15) is 0 Å². The van der Waals surface area contributed by atoms with E-state index in [1.54, 1.807) is 0 Å². The van der Waals surface area contributed by atoms with E-state index in [9.17, 15) is 0 Å². The van der Waals surface area contributed by atoms with E-state index in [1.165, 1.54) is 95.0 Å². The van der Waals surface area contributed by atoms with Crippen molar-refractivity contribution in [3.63, 3.8) is 0 Å². The fraction of sp³-hybridized carbons (Fsp3) is 0.250. The van der Waals surface area contributed by atoms with Crippen molar-refractivity contribution in [2.75, 3.05) is 0 Å². The van der Waals surface area contributed by atoms with Crippen LogP contribution in [0.25, 0.3) is 55.2 Å². The maximum atomic E-state index is 2.37. The molecule has 0 bridgehead atoms. The predicted molar refractivity (Wildman–Crippen MR) is 291 cm³/mol. The Balaban J connectivity index is 0.000000177. The first-order valence-corrected chi connectivity index (χ1v) is 24.6. The molecule has 8 aromatic carbocycles. The van der Waals surface area contributed by atoms with Crippen molar-refractivity contribution in [1.82, 2.24) is 4.57 Å². The molecule has 1 aromatic heterocycles. The average molecular weight is 858 g/mol. The highest BCUT2D eigenvalue weighted by Crippen LogP contribution is 2.38. The lowest BCUT2D eigenvalue weighted by atomic mass is 10.1. The van der Waals surface area contributed by atoms with Gasteiger partial charge in [-0.25, -0.2) is 0 Å². The predicted octanol–water partition coefficient (Wildman–Crippen LogP) is 19.1. The third-order valence-electron chi connectivity index (χ3n) is 11.1. The van der Waals surface area contributed by atoms with Gasteiger partial charge in [0.1, 0.15) is 0 Å². The van der Waals surface area contributed by atoms with Gasteiger partial charge < -0.3 is 4.57 Å². The molecule has 1 heterocycles. The van der Waals surface area contributed by atoms with Crippen LogP contribution in [-0.2, 0) is 25.8 Å². The quantitative estimate of drug-likeness (QED) is 0.155. The second-order valence-electron chi connectivity index (χ2n) is 15.0. The summed E-state index contributed by atoms with van der Waals surface area (Å²) >= 11 is 0. The molecule has 0 aliphatic heterocycles. The van der Waals surface area contributed by atoms with Crippen molar-refractivity contribution in [3.8, 4) is 33.4 Å². The van der Waals surface area contributed by atoms with Crippen molar-refractivity contribution in [2.24, 2.45) is 0 Å². The molecule has 0 atom stereocenters. The second-order valence-corrected chi connectivity index (χ2v) is 15.0. The largest absolute Gasteiger partial charge is 0.341 e. The van der Waals surface area contributed by atoms with Gasteiger partial charge in [-0.15, -0.1) is 0 Å². The number of hydrogen-bond donors (Lipinski definition) is 0. The Morgan fingerprint density at radius 1 is 0.277 bits per heavy atom. The molecule has 0 radical (unpaired) electrons. The number of rotatable bonds is 1. The summed E-state index contributed by atoms with van der Waals surface area (Å²) in [5, 5.41) is 2.71. The third kappa shape index (κ3) is 12.4. The summed E-state index contributed by atoms with van der Waals surface area (Å²) in [7, 11) is 0. The van der Waals surface area contributed by atoms with Gasteiger partial charge in [0.15, 0.2) is 0 Å². The van der Waals surface area contributed by atoms with E-state index in [0.717, 1.165) is 25.8 Å². The van der Waals surface area contributed by atoms with Gasteiger partial charge in [0.05, 0.1) is 0 Å². The molecule has 9 aromatic rings. The van der Waals surface area contributed by atoms with E-state index >= 15 is 0 Å². The van der Waals surface area contributed by atoms with Gasteiger partial charge >= 0.3 is 0 Å². The number of aryl methyl sites for hydroxylation is 1. The Morgan fingerprint density at radius 2 is 0.462 bits per heavy atom. The topological polar surface area (TPSA) is 4.93 Å². The zero-order valence-corrected chi connectivity index (χ0v) is 41.5. The zero-order valence-electron chi connectivity index (χ0n) is 41.5. The summed E-state index contributed by atoms with van der Waals surface area (Å²) in [5.74, 6) is 0. The third-order valence-corrected chi connectivity index (χ3v) is 11.1. The van der Waals surface area contributed by atoms with Crippen LogP contribution in [0.2, 0.25) is 0 Å². The molecule has 0 amide bonds. The van der Waals surface area contributed by atoms with Crippen molar-refractivity contribution in [3.05, 3.63) is 228 Å². The molecule has 0 saturated heterocycles. The molecule has 0 unspecified atom stereocenters. The SMILES string of the molecule is CC.CC.CC.CC.CCC.CCn1c2ccccc2c2ccccc21.c1ccc2c(c1)Cc1ccccc1-2.c1ccc2c(c1)Cc1ccccc1-2.c1ccc2c(c1)Cc1ccccc1-2. The first-order chi connectivity index (χ1) is 32.2. The van der Waals surface area contributed by atoms with E-state index in [0.29, 0.717) is 0 Å². The molecule has 0 N–H and O–H groups in total. The first-order valence-electron chi connectivity index (χ1n) is 24.6. The van der Waals surface area contributed by atoms with E-state index in [4.69, 9.17) is 0 Å². The van der Waals surface area contributed by atoms with E-state index in [-0.39, 0.29) is 0 Å². The molecule has 0 saturated carbocycles. The van der Waals surface area contributed by atoms with Crippen molar-refractivity contribution in [2.45, 2.75) is 108 Å². The molecule has 65 heavy (non-hydrogen) atoms. The number of nitrogens with zero attached hydrogens (tertiary/aromatic N) is 1. The Hall–Kier alpha value is -6.44. The normalized spacial score (nSPS) is 10.6. The minimum absolute atomic E-state index is 1.02. The molecule has 12 rings (SSSR count). The van der Waals surface area contributed by atoms with Crippen LogP contribution in [0.15, 0.2) is 194 Å². The standard InChI is InChI=1S/C14H13N.3C13H10.C3H8.4C2H6/c1-2-15-13-9-5-3-7-11(13)12-8-4-6-10-14(12)15;3*1-3-7-12-10(5-1)9-11-6-2-4-8-13(11)12;1-3-2;4*1-2/h3-10H,2H2,1H3;3*1-8H,9H2;3H2,1-2H3;4*1-2H3. The van der Waals surface area contributed by atoms with Crippen LogP contribution in [-0.4, -0.2) is 4.57 Å². The highest BCUT2D eigenvalue weighted by atomic mass is 15.0. The van der Waals surface area contributed by atoms with Gasteiger partial charge in [0.25, 0.3) is 0 Å². The number of hydrogen-bond acceptors (Lipinski definition) is 0. The Kier molecular flexibility index (Phi) is 21.8. The van der Waals surface area contributed by atoms with Gasteiger partial charge in [0, 0.05) is 28.4 Å². The van der Waals surface area contributed by atoms with Crippen LogP contribution in [0.1, 0.15) is 116 Å².